The summed E-state index contributed by atoms with van der Waals surface area (Å²) in [7, 11) is -1.41. The van der Waals surface area contributed by atoms with Gasteiger partial charge in [0.05, 0.1) is 22.1 Å². The second kappa shape index (κ2) is 5.96. The number of aromatic carboxylic acids is 1. The first kappa shape index (κ1) is 14.4. The van der Waals surface area contributed by atoms with Crippen molar-refractivity contribution in [1.29, 1.82) is 0 Å². The van der Waals surface area contributed by atoms with Gasteiger partial charge >= 0.3 is 5.97 Å². The summed E-state index contributed by atoms with van der Waals surface area (Å²) in [5, 5.41) is 8.90. The monoisotopic (exact) mass is 292 g/mol. The van der Waals surface area contributed by atoms with Crippen LogP contribution in [0.3, 0.4) is 0 Å². The van der Waals surface area contributed by atoms with E-state index in [9.17, 15) is 13.4 Å². The number of hydrogen-bond acceptors (Lipinski definition) is 2. The van der Waals surface area contributed by atoms with Gasteiger partial charge in [-0.15, -0.1) is 0 Å². The van der Waals surface area contributed by atoms with Crippen molar-refractivity contribution in [1.82, 2.24) is 0 Å². The number of carboxylic acids is 1. The Morgan fingerprint density at radius 1 is 1.25 bits per heavy atom. The summed E-state index contributed by atoms with van der Waals surface area (Å²) in [5.41, 5.74) is 0.996. The first-order chi connectivity index (χ1) is 9.49. The molecular formula is C15H13FO3S. The molecule has 0 bridgehead atoms. The summed E-state index contributed by atoms with van der Waals surface area (Å²) < 4.78 is 25.9. The van der Waals surface area contributed by atoms with Gasteiger partial charge in [0.2, 0.25) is 0 Å². The van der Waals surface area contributed by atoms with Crippen molar-refractivity contribution in [3.05, 3.63) is 65.0 Å². The fraction of sp³-hybridized carbons (Fsp3) is 0.133. The van der Waals surface area contributed by atoms with Crippen LogP contribution < -0.4 is 0 Å². The molecule has 0 saturated carbocycles. The van der Waals surface area contributed by atoms with Crippen LogP contribution in [0.15, 0.2) is 47.4 Å². The number of rotatable bonds is 4. The largest absolute Gasteiger partial charge is 0.478 e. The lowest BCUT2D eigenvalue weighted by Gasteiger charge is -2.07. The molecule has 0 spiro atoms. The van der Waals surface area contributed by atoms with Gasteiger partial charge in [0.15, 0.2) is 0 Å². The molecule has 0 aliphatic rings. The van der Waals surface area contributed by atoms with Gasteiger partial charge in [-0.25, -0.2) is 9.18 Å². The number of carbonyl (C=O) groups is 1. The van der Waals surface area contributed by atoms with E-state index in [0.717, 1.165) is 11.6 Å². The second-order valence-corrected chi connectivity index (χ2v) is 5.79. The molecule has 104 valence electrons. The van der Waals surface area contributed by atoms with E-state index in [-0.39, 0.29) is 16.9 Å². The molecule has 0 radical (unpaired) electrons. The average Bonchev–Trinajstić information content (AvgIpc) is 2.41. The summed E-state index contributed by atoms with van der Waals surface area (Å²) in [6, 6.07) is 10.7. The molecule has 0 saturated heterocycles. The Balaban J connectivity index is 2.30. The van der Waals surface area contributed by atoms with Crippen molar-refractivity contribution >= 4 is 16.8 Å². The molecule has 2 aromatic carbocycles. The Morgan fingerprint density at radius 3 is 2.60 bits per heavy atom. The van der Waals surface area contributed by atoms with Gasteiger partial charge in [0, 0.05) is 10.5 Å². The Bertz CT molecular complexity index is 683. The molecule has 1 unspecified atom stereocenters. The van der Waals surface area contributed by atoms with Crippen molar-refractivity contribution in [3.8, 4) is 0 Å². The number of hydrogen-bond donors (Lipinski definition) is 1. The molecule has 0 heterocycles. The van der Waals surface area contributed by atoms with Crippen LogP contribution in [0, 0.1) is 12.7 Å². The minimum absolute atomic E-state index is 0.0109. The number of carboxylic acid groups (broad SMARTS) is 1. The molecule has 0 amide bonds. The Hall–Kier alpha value is -2.01. The highest BCUT2D eigenvalue weighted by atomic mass is 32.2. The zero-order chi connectivity index (χ0) is 14.7. The minimum Gasteiger partial charge on any atom is -0.478 e. The lowest BCUT2D eigenvalue weighted by molar-refractivity contribution is 0.0696. The van der Waals surface area contributed by atoms with Gasteiger partial charge < -0.3 is 5.11 Å². The van der Waals surface area contributed by atoms with Gasteiger partial charge in [-0.2, -0.15) is 0 Å². The normalized spacial score (nSPS) is 12.1. The van der Waals surface area contributed by atoms with Crippen LogP contribution in [0.5, 0.6) is 0 Å². The molecule has 2 rings (SSSR count). The molecule has 0 aliphatic heterocycles. The zero-order valence-corrected chi connectivity index (χ0v) is 11.6. The highest BCUT2D eigenvalue weighted by molar-refractivity contribution is 7.84. The maximum atomic E-state index is 13.7. The smallest absolute Gasteiger partial charge is 0.335 e. The number of benzene rings is 2. The lowest BCUT2D eigenvalue weighted by Crippen LogP contribution is -2.04. The molecular weight excluding hydrogens is 279 g/mol. The van der Waals surface area contributed by atoms with Gasteiger partial charge in [-0.3, -0.25) is 4.21 Å². The number of aryl methyl sites for hydroxylation is 1. The van der Waals surface area contributed by atoms with E-state index in [1.165, 1.54) is 12.1 Å². The highest BCUT2D eigenvalue weighted by Crippen LogP contribution is 2.19. The van der Waals surface area contributed by atoms with Crippen molar-refractivity contribution in [2.45, 2.75) is 17.6 Å². The topological polar surface area (TPSA) is 54.4 Å². The molecule has 0 aliphatic carbocycles. The van der Waals surface area contributed by atoms with Crippen LogP contribution in [-0.4, -0.2) is 15.3 Å². The van der Waals surface area contributed by atoms with Gasteiger partial charge in [-0.1, -0.05) is 18.2 Å². The first-order valence-corrected chi connectivity index (χ1v) is 7.26. The first-order valence-electron chi connectivity index (χ1n) is 5.95. The van der Waals surface area contributed by atoms with Crippen LogP contribution in [0.1, 0.15) is 21.5 Å². The maximum Gasteiger partial charge on any atom is 0.335 e. The molecule has 1 atom stereocenters. The lowest BCUT2D eigenvalue weighted by atomic mass is 10.1. The molecule has 2 aromatic rings. The third kappa shape index (κ3) is 3.11. The Morgan fingerprint density at radius 2 is 1.95 bits per heavy atom. The zero-order valence-electron chi connectivity index (χ0n) is 10.8. The number of halogens is 1. The van der Waals surface area contributed by atoms with Crippen molar-refractivity contribution in [3.63, 3.8) is 0 Å². The van der Waals surface area contributed by atoms with Crippen molar-refractivity contribution < 1.29 is 18.5 Å². The Labute approximate surface area is 118 Å². The van der Waals surface area contributed by atoms with Crippen LogP contribution in [-0.2, 0) is 16.6 Å². The fourth-order valence-electron chi connectivity index (χ4n) is 1.85. The molecule has 1 N–H and O–H groups in total. The second-order valence-electron chi connectivity index (χ2n) is 4.37. The molecule has 0 aromatic heterocycles. The summed E-state index contributed by atoms with van der Waals surface area (Å²) in [6.07, 6.45) is 0. The van der Waals surface area contributed by atoms with Crippen LogP contribution >= 0.6 is 0 Å². The summed E-state index contributed by atoms with van der Waals surface area (Å²) >= 11 is 0. The Kier molecular flexibility index (Phi) is 4.29. The van der Waals surface area contributed by atoms with Crippen molar-refractivity contribution in [2.75, 3.05) is 0 Å². The van der Waals surface area contributed by atoms with Gasteiger partial charge in [-0.05, 0) is 36.8 Å². The van der Waals surface area contributed by atoms with Crippen molar-refractivity contribution in [2.24, 2.45) is 0 Å². The van der Waals surface area contributed by atoms with E-state index in [0.29, 0.717) is 4.90 Å². The summed E-state index contributed by atoms with van der Waals surface area (Å²) in [4.78, 5) is 11.5. The SMILES string of the molecule is Cc1ccccc1S(=O)Cc1cc(C(=O)O)ccc1F. The quantitative estimate of drug-likeness (QED) is 0.942. The highest BCUT2D eigenvalue weighted by Gasteiger charge is 2.13. The van der Waals surface area contributed by atoms with Gasteiger partial charge in [0.25, 0.3) is 0 Å². The van der Waals surface area contributed by atoms with E-state index in [4.69, 9.17) is 5.11 Å². The average molecular weight is 292 g/mol. The van der Waals surface area contributed by atoms with Crippen LogP contribution in [0.4, 0.5) is 4.39 Å². The third-order valence-corrected chi connectivity index (χ3v) is 4.44. The minimum atomic E-state index is -1.41. The van der Waals surface area contributed by atoms with E-state index < -0.39 is 22.6 Å². The molecule has 0 fully saturated rings. The van der Waals surface area contributed by atoms with E-state index >= 15 is 0 Å². The molecule has 20 heavy (non-hydrogen) atoms. The van der Waals surface area contributed by atoms with E-state index in [2.05, 4.69) is 0 Å². The molecule has 3 nitrogen and oxygen atoms in total. The van der Waals surface area contributed by atoms with Crippen LogP contribution in [0.2, 0.25) is 0 Å². The van der Waals surface area contributed by atoms with Crippen LogP contribution in [0.25, 0.3) is 0 Å². The standard InChI is InChI=1S/C15H13FO3S/c1-10-4-2-3-5-14(10)20(19)9-12-8-11(15(17)18)6-7-13(12)16/h2-8H,9H2,1H3,(H,17,18). The summed E-state index contributed by atoms with van der Waals surface area (Å²) in [5.74, 6) is -1.72. The third-order valence-electron chi connectivity index (χ3n) is 2.92. The maximum absolute atomic E-state index is 13.7. The fourth-order valence-corrected chi connectivity index (χ4v) is 3.17. The molecule has 5 heteroatoms. The summed E-state index contributed by atoms with van der Waals surface area (Å²) in [6.45, 7) is 1.83. The predicted octanol–water partition coefficient (Wildman–Crippen LogP) is 3.14. The predicted molar refractivity (Wildman–Crippen MR) is 74.7 cm³/mol. The van der Waals surface area contributed by atoms with E-state index in [1.54, 1.807) is 12.1 Å². The van der Waals surface area contributed by atoms with Gasteiger partial charge in [0.1, 0.15) is 5.82 Å². The van der Waals surface area contributed by atoms with E-state index in [1.807, 2.05) is 19.1 Å².